The molecule has 0 N–H and O–H groups in total. The SMILES string of the molecule is CC1(C)c2ccccc2-c2cccc(-c3ccc(N(c4cccc(-c5ccc6ccccc6c5)c4)c4ccccc4-c4ccc5c(c4)sc4ccccc45)cc3)c21. The van der Waals surface area contributed by atoms with Gasteiger partial charge >= 0.3 is 0 Å². The molecule has 0 radical (unpaired) electrons. The molecule has 1 heterocycles. The second kappa shape index (κ2) is 13.2. The van der Waals surface area contributed by atoms with E-state index in [1.165, 1.54) is 86.6 Å². The van der Waals surface area contributed by atoms with Crippen molar-refractivity contribution in [3.63, 3.8) is 0 Å². The number of thiophene rings is 1. The van der Waals surface area contributed by atoms with E-state index >= 15 is 0 Å². The highest BCUT2D eigenvalue weighted by Crippen LogP contribution is 2.52. The first-order chi connectivity index (χ1) is 28.0. The average molecular weight is 746 g/mol. The molecular formula is C55H39NS. The lowest BCUT2D eigenvalue weighted by molar-refractivity contribution is 0.662. The molecule has 0 saturated carbocycles. The van der Waals surface area contributed by atoms with Crippen LogP contribution in [-0.4, -0.2) is 0 Å². The molecule has 0 bridgehead atoms. The van der Waals surface area contributed by atoms with Crippen LogP contribution in [0.5, 0.6) is 0 Å². The molecule has 9 aromatic carbocycles. The van der Waals surface area contributed by atoms with Gasteiger partial charge in [-0.3, -0.25) is 0 Å². The van der Waals surface area contributed by atoms with Gasteiger partial charge in [0.25, 0.3) is 0 Å². The summed E-state index contributed by atoms with van der Waals surface area (Å²) in [6, 6.07) is 73.9. The fourth-order valence-corrected chi connectivity index (χ4v) is 10.5. The molecule has 0 saturated heterocycles. The highest BCUT2D eigenvalue weighted by molar-refractivity contribution is 7.25. The second-order valence-corrected chi connectivity index (χ2v) is 16.8. The van der Waals surface area contributed by atoms with E-state index in [1.54, 1.807) is 0 Å². The minimum Gasteiger partial charge on any atom is -0.310 e. The van der Waals surface area contributed by atoms with Gasteiger partial charge in [-0.25, -0.2) is 0 Å². The molecular weight excluding hydrogens is 707 g/mol. The van der Waals surface area contributed by atoms with Crippen molar-refractivity contribution in [3.05, 3.63) is 211 Å². The van der Waals surface area contributed by atoms with Crippen molar-refractivity contribution in [2.75, 3.05) is 4.90 Å². The number of rotatable bonds is 6. The van der Waals surface area contributed by atoms with Crippen LogP contribution in [0.3, 0.4) is 0 Å². The molecule has 2 heteroatoms. The minimum absolute atomic E-state index is 0.0924. The summed E-state index contributed by atoms with van der Waals surface area (Å²) >= 11 is 1.87. The molecule has 270 valence electrons. The molecule has 0 unspecified atom stereocenters. The van der Waals surface area contributed by atoms with Crippen LogP contribution in [-0.2, 0) is 5.41 Å². The molecule has 1 nitrogen and oxygen atoms in total. The van der Waals surface area contributed by atoms with Gasteiger partial charge in [0.15, 0.2) is 0 Å². The van der Waals surface area contributed by atoms with Gasteiger partial charge in [-0.05, 0) is 109 Å². The summed E-state index contributed by atoms with van der Waals surface area (Å²) in [5, 5.41) is 5.13. The van der Waals surface area contributed by atoms with E-state index in [4.69, 9.17) is 0 Å². The van der Waals surface area contributed by atoms with Crippen LogP contribution in [0.25, 0.3) is 75.5 Å². The van der Waals surface area contributed by atoms with Crippen molar-refractivity contribution >= 4 is 59.3 Å². The van der Waals surface area contributed by atoms with Gasteiger partial charge < -0.3 is 4.90 Å². The Morgan fingerprint density at radius 2 is 1.04 bits per heavy atom. The van der Waals surface area contributed by atoms with E-state index in [-0.39, 0.29) is 5.41 Å². The van der Waals surface area contributed by atoms with Gasteiger partial charge in [0.2, 0.25) is 0 Å². The van der Waals surface area contributed by atoms with Gasteiger partial charge in [0.05, 0.1) is 5.69 Å². The number of nitrogens with zero attached hydrogens (tertiary/aromatic N) is 1. The van der Waals surface area contributed by atoms with Crippen molar-refractivity contribution in [1.29, 1.82) is 0 Å². The van der Waals surface area contributed by atoms with Crippen molar-refractivity contribution in [2.24, 2.45) is 0 Å². The highest BCUT2D eigenvalue weighted by atomic mass is 32.1. The fraction of sp³-hybridized carbons (Fsp3) is 0.0545. The first kappa shape index (κ1) is 33.6. The number of hydrogen-bond donors (Lipinski definition) is 0. The Hall–Kier alpha value is -6.74. The lowest BCUT2D eigenvalue weighted by Gasteiger charge is -2.29. The molecule has 57 heavy (non-hydrogen) atoms. The Morgan fingerprint density at radius 3 is 1.93 bits per heavy atom. The quantitative estimate of drug-likeness (QED) is 0.164. The number of hydrogen-bond acceptors (Lipinski definition) is 2. The summed E-state index contributed by atoms with van der Waals surface area (Å²) in [4.78, 5) is 2.44. The Kier molecular flexibility index (Phi) is 7.77. The summed E-state index contributed by atoms with van der Waals surface area (Å²) in [6.07, 6.45) is 0. The third kappa shape index (κ3) is 5.51. The van der Waals surface area contributed by atoms with Crippen molar-refractivity contribution in [1.82, 2.24) is 0 Å². The summed E-state index contributed by atoms with van der Waals surface area (Å²) in [7, 11) is 0. The van der Waals surface area contributed by atoms with Gasteiger partial charge in [0.1, 0.15) is 0 Å². The average Bonchev–Trinajstić information content (AvgIpc) is 3.75. The predicted octanol–water partition coefficient (Wildman–Crippen LogP) is 16.0. The Morgan fingerprint density at radius 1 is 0.386 bits per heavy atom. The fourth-order valence-electron chi connectivity index (χ4n) is 9.31. The summed E-state index contributed by atoms with van der Waals surface area (Å²) in [5.74, 6) is 0. The third-order valence-electron chi connectivity index (χ3n) is 12.0. The van der Waals surface area contributed by atoms with Crippen molar-refractivity contribution < 1.29 is 0 Å². The zero-order valence-corrected chi connectivity index (χ0v) is 32.7. The molecule has 0 fully saturated rings. The maximum atomic E-state index is 2.44. The van der Waals surface area contributed by atoms with Gasteiger partial charge in [-0.2, -0.15) is 0 Å². The molecule has 0 amide bonds. The summed E-state index contributed by atoms with van der Waals surface area (Å²) < 4.78 is 2.62. The first-order valence-corrected chi connectivity index (χ1v) is 20.6. The predicted molar refractivity (Wildman–Crippen MR) is 245 cm³/mol. The summed E-state index contributed by atoms with van der Waals surface area (Å²) in [6.45, 7) is 4.74. The van der Waals surface area contributed by atoms with Crippen LogP contribution in [0.15, 0.2) is 200 Å². The van der Waals surface area contributed by atoms with Crippen LogP contribution in [0.1, 0.15) is 25.0 Å². The van der Waals surface area contributed by atoms with E-state index < -0.39 is 0 Å². The van der Waals surface area contributed by atoms with Crippen LogP contribution in [0, 0.1) is 0 Å². The van der Waals surface area contributed by atoms with Crippen molar-refractivity contribution in [3.8, 4) is 44.5 Å². The zero-order chi connectivity index (χ0) is 38.1. The first-order valence-electron chi connectivity index (χ1n) is 19.8. The van der Waals surface area contributed by atoms with Crippen LogP contribution < -0.4 is 4.90 Å². The smallest absolute Gasteiger partial charge is 0.0540 e. The second-order valence-electron chi connectivity index (χ2n) is 15.7. The molecule has 0 spiro atoms. The Labute approximate surface area is 337 Å². The highest BCUT2D eigenvalue weighted by Gasteiger charge is 2.37. The maximum absolute atomic E-state index is 2.44. The minimum atomic E-state index is -0.0924. The Bertz CT molecular complexity index is 3170. The number of anilines is 3. The summed E-state index contributed by atoms with van der Waals surface area (Å²) in [5.41, 5.74) is 16.1. The standard InChI is InChI=1S/C55H39NS/c1-55(2)50-22-8-5-18-46(50)49-21-12-20-45(54(49)55)37-27-30-42(31-28-37)56(43-16-11-15-39(34-43)40-26-25-36-13-3-4-14-38(36)33-40)51-23-9-6-17-44(51)41-29-32-48-47-19-7-10-24-52(47)57-53(48)35-41/h3-35H,1-2H3. The Balaban J connectivity index is 1.06. The van der Waals surface area contributed by atoms with Crippen LogP contribution >= 0.6 is 11.3 Å². The van der Waals surface area contributed by atoms with Crippen LogP contribution in [0.4, 0.5) is 17.1 Å². The number of para-hydroxylation sites is 1. The van der Waals surface area contributed by atoms with Gasteiger partial charge in [-0.15, -0.1) is 11.3 Å². The molecule has 11 rings (SSSR count). The van der Waals surface area contributed by atoms with E-state index in [0.29, 0.717) is 0 Å². The van der Waals surface area contributed by atoms with E-state index in [0.717, 1.165) is 17.1 Å². The number of fused-ring (bicyclic) bond motifs is 7. The topological polar surface area (TPSA) is 3.24 Å². The van der Waals surface area contributed by atoms with Crippen molar-refractivity contribution in [2.45, 2.75) is 19.3 Å². The normalized spacial score (nSPS) is 12.9. The molecule has 1 aliphatic carbocycles. The largest absolute Gasteiger partial charge is 0.310 e. The van der Waals surface area contributed by atoms with Gasteiger partial charge in [0, 0.05) is 42.5 Å². The van der Waals surface area contributed by atoms with Gasteiger partial charge in [-0.1, -0.05) is 166 Å². The lowest BCUT2D eigenvalue weighted by atomic mass is 9.79. The molecule has 0 aliphatic heterocycles. The third-order valence-corrected chi connectivity index (χ3v) is 13.2. The molecule has 1 aliphatic rings. The molecule has 1 aromatic heterocycles. The van der Waals surface area contributed by atoms with Crippen LogP contribution in [0.2, 0.25) is 0 Å². The zero-order valence-electron chi connectivity index (χ0n) is 31.9. The maximum Gasteiger partial charge on any atom is 0.0540 e. The molecule has 10 aromatic rings. The monoisotopic (exact) mass is 745 g/mol. The van der Waals surface area contributed by atoms with E-state index in [1.807, 2.05) is 11.3 Å². The van der Waals surface area contributed by atoms with E-state index in [9.17, 15) is 0 Å². The molecule has 0 atom stereocenters. The number of benzene rings is 9. The lowest BCUT2D eigenvalue weighted by Crippen LogP contribution is -2.16. The van der Waals surface area contributed by atoms with E-state index in [2.05, 4.69) is 219 Å².